The summed E-state index contributed by atoms with van der Waals surface area (Å²) in [5, 5.41) is 18.4. The SMILES string of the molecule is Cc1c(-c2cc(N3C(=O)[C@@H]4C[C@@H]5C(=CC[C@@H]6C(=O)N(Cc7ccccc7)C(=O)[C@@H]65)[C@H](c5ccc(OCc6ccccc6)cc5O)[C@]4(C)C3=O)n(C)n2)sc2ccc(Cl)cc12. The largest absolute Gasteiger partial charge is 0.508 e. The number of benzene rings is 4. The number of hydrogen-bond donors (Lipinski definition) is 1. The zero-order chi connectivity index (χ0) is 41.6. The van der Waals surface area contributed by atoms with E-state index >= 15 is 9.59 Å². The van der Waals surface area contributed by atoms with Gasteiger partial charge in [-0.15, -0.1) is 11.3 Å². The topological polar surface area (TPSA) is 122 Å². The Morgan fingerprint density at radius 1 is 0.883 bits per heavy atom. The molecule has 3 fully saturated rings. The van der Waals surface area contributed by atoms with Crippen molar-refractivity contribution in [2.45, 2.75) is 45.8 Å². The van der Waals surface area contributed by atoms with E-state index in [9.17, 15) is 14.7 Å². The number of hydrogen-bond acceptors (Lipinski definition) is 8. The minimum atomic E-state index is -1.36. The van der Waals surface area contributed by atoms with Crippen LogP contribution in [0.25, 0.3) is 20.7 Å². The van der Waals surface area contributed by atoms with Crippen molar-refractivity contribution in [1.82, 2.24) is 14.7 Å². The zero-order valence-corrected chi connectivity index (χ0v) is 34.7. The van der Waals surface area contributed by atoms with Crippen LogP contribution in [0.5, 0.6) is 11.5 Å². The molecule has 60 heavy (non-hydrogen) atoms. The van der Waals surface area contributed by atoms with Gasteiger partial charge in [-0.3, -0.25) is 28.8 Å². The van der Waals surface area contributed by atoms with Crippen molar-refractivity contribution in [3.8, 4) is 22.1 Å². The number of nitrogens with zero attached hydrogens (tertiary/aromatic N) is 4. The lowest BCUT2D eigenvalue weighted by Crippen LogP contribution is -2.48. The maximum Gasteiger partial charge on any atom is 0.242 e. The molecule has 2 aromatic heterocycles. The molecular weight excluding hydrogens is 796 g/mol. The number of halogens is 1. The molecule has 6 aromatic rings. The van der Waals surface area contributed by atoms with Crippen molar-refractivity contribution < 1.29 is 29.0 Å². The molecule has 2 aliphatic carbocycles. The van der Waals surface area contributed by atoms with Crippen LogP contribution in [0.2, 0.25) is 5.02 Å². The predicted molar refractivity (Wildman–Crippen MR) is 229 cm³/mol. The van der Waals surface area contributed by atoms with Gasteiger partial charge >= 0.3 is 0 Å². The van der Waals surface area contributed by atoms with E-state index in [2.05, 4.69) is 0 Å². The van der Waals surface area contributed by atoms with E-state index < -0.39 is 46.8 Å². The molecule has 0 unspecified atom stereocenters. The molecule has 0 spiro atoms. The Kier molecular flexibility index (Phi) is 9.11. The Labute approximate surface area is 355 Å². The van der Waals surface area contributed by atoms with Crippen LogP contribution >= 0.6 is 22.9 Å². The molecule has 12 heteroatoms. The number of ether oxygens (including phenoxy) is 1. The van der Waals surface area contributed by atoms with Crippen LogP contribution in [0.3, 0.4) is 0 Å². The first-order valence-electron chi connectivity index (χ1n) is 20.1. The molecule has 4 aromatic carbocycles. The Hall–Kier alpha value is -6.04. The highest BCUT2D eigenvalue weighted by Gasteiger charge is 2.68. The second-order valence-corrected chi connectivity index (χ2v) is 18.1. The third-order valence-corrected chi connectivity index (χ3v) is 14.9. The van der Waals surface area contributed by atoms with E-state index in [1.54, 1.807) is 47.3 Å². The molecule has 2 aliphatic heterocycles. The highest BCUT2D eigenvalue weighted by molar-refractivity contribution is 7.22. The van der Waals surface area contributed by atoms with Gasteiger partial charge in [0, 0.05) is 40.4 Å². The second kappa shape index (κ2) is 14.3. The average Bonchev–Trinajstić information content (AvgIpc) is 3.91. The normalized spacial score (nSPS) is 24.8. The number of imide groups is 2. The first-order chi connectivity index (χ1) is 28.9. The molecule has 1 saturated carbocycles. The van der Waals surface area contributed by atoms with Crippen molar-refractivity contribution in [2.75, 3.05) is 4.90 Å². The molecule has 0 radical (unpaired) electrons. The van der Waals surface area contributed by atoms with Crippen LogP contribution in [0.4, 0.5) is 5.82 Å². The van der Waals surface area contributed by atoms with Crippen LogP contribution < -0.4 is 9.64 Å². The number of rotatable bonds is 8. The number of phenolic OH excluding ortho intramolecular Hbond substituents is 1. The smallest absolute Gasteiger partial charge is 0.242 e. The predicted octanol–water partition coefficient (Wildman–Crippen LogP) is 8.98. The number of fused-ring (bicyclic) bond motifs is 5. The number of amides is 4. The number of thiophene rings is 1. The molecule has 302 valence electrons. The minimum absolute atomic E-state index is 0.0874. The van der Waals surface area contributed by atoms with Crippen LogP contribution in [-0.2, 0) is 39.4 Å². The van der Waals surface area contributed by atoms with E-state index in [4.69, 9.17) is 21.4 Å². The Morgan fingerprint density at radius 2 is 1.62 bits per heavy atom. The molecule has 2 saturated heterocycles. The lowest BCUT2D eigenvalue weighted by molar-refractivity contribution is -0.141. The van der Waals surface area contributed by atoms with Crippen molar-refractivity contribution in [3.05, 3.63) is 142 Å². The summed E-state index contributed by atoms with van der Waals surface area (Å²) in [4.78, 5) is 62.3. The first kappa shape index (κ1) is 38.2. The summed E-state index contributed by atoms with van der Waals surface area (Å²) in [6, 6.07) is 31.7. The Bertz CT molecular complexity index is 2800. The highest BCUT2D eigenvalue weighted by Crippen LogP contribution is 2.64. The maximum absolute atomic E-state index is 15.3. The molecule has 1 N–H and O–H groups in total. The summed E-state index contributed by atoms with van der Waals surface area (Å²) < 4.78 is 8.68. The number of carbonyl (C=O) groups is 4. The van der Waals surface area contributed by atoms with Crippen molar-refractivity contribution in [3.63, 3.8) is 0 Å². The lowest BCUT2D eigenvalue weighted by Gasteiger charge is -2.49. The van der Waals surface area contributed by atoms with Gasteiger partial charge in [0.05, 0.1) is 34.6 Å². The number of aromatic hydroxyl groups is 1. The second-order valence-electron chi connectivity index (χ2n) is 16.6. The summed E-state index contributed by atoms with van der Waals surface area (Å²) in [6.07, 6.45) is 2.49. The van der Waals surface area contributed by atoms with Gasteiger partial charge in [0.25, 0.3) is 0 Å². The van der Waals surface area contributed by atoms with Gasteiger partial charge in [-0.05, 0) is 78.9 Å². The molecule has 4 amide bonds. The van der Waals surface area contributed by atoms with Gasteiger partial charge < -0.3 is 9.84 Å². The van der Waals surface area contributed by atoms with Crippen molar-refractivity contribution >= 4 is 62.5 Å². The van der Waals surface area contributed by atoms with Crippen LogP contribution in [0.1, 0.15) is 47.9 Å². The number of aryl methyl sites for hydroxylation is 2. The number of likely N-dealkylation sites (tertiary alicyclic amines) is 1. The summed E-state index contributed by atoms with van der Waals surface area (Å²) >= 11 is 7.91. The van der Waals surface area contributed by atoms with Gasteiger partial charge in [0.1, 0.15) is 29.6 Å². The fraction of sp³-hybridized carbons (Fsp3) is 0.271. The average molecular weight is 837 g/mol. The van der Waals surface area contributed by atoms with E-state index in [1.807, 2.05) is 98.8 Å². The summed E-state index contributed by atoms with van der Waals surface area (Å²) in [7, 11) is 1.72. The van der Waals surface area contributed by atoms with Gasteiger partial charge in [0.15, 0.2) is 0 Å². The number of anilines is 1. The maximum atomic E-state index is 15.3. The fourth-order valence-electron chi connectivity index (χ4n) is 10.4. The van der Waals surface area contributed by atoms with E-state index in [-0.39, 0.29) is 37.1 Å². The van der Waals surface area contributed by atoms with Crippen LogP contribution in [-0.4, -0.2) is 43.4 Å². The highest BCUT2D eigenvalue weighted by atomic mass is 35.5. The van der Waals surface area contributed by atoms with E-state index in [0.717, 1.165) is 37.2 Å². The van der Waals surface area contributed by atoms with Gasteiger partial charge in [-0.25, -0.2) is 4.90 Å². The zero-order valence-electron chi connectivity index (χ0n) is 33.2. The van der Waals surface area contributed by atoms with Crippen molar-refractivity contribution in [2.24, 2.45) is 36.1 Å². The minimum Gasteiger partial charge on any atom is -0.508 e. The molecule has 0 bridgehead atoms. The van der Waals surface area contributed by atoms with E-state index in [1.165, 1.54) is 9.80 Å². The monoisotopic (exact) mass is 836 g/mol. The van der Waals surface area contributed by atoms with Crippen LogP contribution in [0.15, 0.2) is 115 Å². The standard InChI is InChI=1S/C48H41ClN4O6S/c1-26-34-20-29(49)14-19-39(34)60-43(26)37-23-40(51(3)50-37)53-45(56)36-22-35-31(17-18-33-41(35)46(57)52(44(33)55)24-27-10-6-4-7-11-27)42(48(36,2)47(53)58)32-16-15-30(21-38(32)54)59-25-28-12-8-5-9-13-28/h4-17,19-21,23,33,35-36,41-42,54H,18,22,24-25H2,1-3H3/t33-,35+,36-,41-,42+,48+/m0/s1. The number of allylic oxidation sites excluding steroid dienone is 2. The summed E-state index contributed by atoms with van der Waals surface area (Å²) in [6.45, 7) is 4.27. The summed E-state index contributed by atoms with van der Waals surface area (Å²) in [5.74, 6) is -4.13. The number of carbonyl (C=O) groups excluding carboxylic acids is 4. The molecular formula is C48H41ClN4O6S. The van der Waals surface area contributed by atoms with Gasteiger partial charge in [0.2, 0.25) is 23.6 Å². The Balaban J connectivity index is 1.05. The molecule has 4 aliphatic rings. The fourth-order valence-corrected chi connectivity index (χ4v) is 11.7. The lowest BCUT2D eigenvalue weighted by atomic mass is 9.51. The first-order valence-corrected chi connectivity index (χ1v) is 21.3. The molecule has 10 nitrogen and oxygen atoms in total. The molecule has 10 rings (SSSR count). The third-order valence-electron chi connectivity index (χ3n) is 13.3. The number of aromatic nitrogens is 2. The van der Waals surface area contributed by atoms with Crippen LogP contribution in [0, 0.1) is 36.0 Å². The van der Waals surface area contributed by atoms with Crippen molar-refractivity contribution in [1.29, 1.82) is 0 Å². The van der Waals surface area contributed by atoms with E-state index in [0.29, 0.717) is 34.3 Å². The third kappa shape index (κ3) is 5.84. The Morgan fingerprint density at radius 3 is 2.35 bits per heavy atom. The van der Waals surface area contributed by atoms with Gasteiger partial charge in [-0.2, -0.15) is 5.10 Å². The quantitative estimate of drug-likeness (QED) is 0.120. The number of phenols is 1. The molecule has 6 atom stereocenters. The van der Waals surface area contributed by atoms with Gasteiger partial charge in [-0.1, -0.05) is 90.0 Å². The molecule has 4 heterocycles. The summed E-state index contributed by atoms with van der Waals surface area (Å²) in [5.41, 5.74) is 3.31.